The third-order valence-electron chi connectivity index (χ3n) is 4.24. The van der Waals surface area contributed by atoms with Crippen LogP contribution in [0.4, 0.5) is 10.5 Å². The van der Waals surface area contributed by atoms with Gasteiger partial charge in [0.1, 0.15) is 5.75 Å². The number of carbonyl (C=O) groups excluding carboxylic acids is 1. The second-order valence-electron chi connectivity index (χ2n) is 6.34. The number of anilines is 1. The van der Waals surface area contributed by atoms with E-state index in [4.69, 9.17) is 0 Å². The minimum absolute atomic E-state index is 0. The Kier molecular flexibility index (Phi) is 8.24. The molecule has 30 heavy (non-hydrogen) atoms. The second kappa shape index (κ2) is 10.4. The first kappa shape index (κ1) is 23.7. The summed E-state index contributed by atoms with van der Waals surface area (Å²) in [6, 6.07) is 11.1. The van der Waals surface area contributed by atoms with Crippen LogP contribution in [0.3, 0.4) is 0 Å². The molecule has 10 heteroatoms. The number of pyridine rings is 1. The Balaban J connectivity index is 0.00000320. The van der Waals surface area contributed by atoms with Gasteiger partial charge < -0.3 is 25.4 Å². The van der Waals surface area contributed by atoms with Gasteiger partial charge in [0.05, 0.1) is 12.5 Å². The van der Waals surface area contributed by atoms with Crippen molar-refractivity contribution < 1.29 is 19.8 Å². The van der Waals surface area contributed by atoms with Crippen molar-refractivity contribution in [2.24, 2.45) is 7.05 Å². The Bertz CT molecular complexity index is 1100. The molecule has 0 radical (unpaired) electrons. The molecule has 152 valence electrons. The first-order valence-electron chi connectivity index (χ1n) is 8.67. The quantitative estimate of drug-likeness (QED) is 0.442. The molecule has 0 aliphatic heterocycles. The third-order valence-corrected chi connectivity index (χ3v) is 5.29. The number of urea groups is 1. The number of aromatic nitrogens is 1. The summed E-state index contributed by atoms with van der Waals surface area (Å²) in [5, 5.41) is 25.8. The molecule has 0 aliphatic rings. The summed E-state index contributed by atoms with van der Waals surface area (Å²) in [5.41, 5.74) is 1.03. The summed E-state index contributed by atoms with van der Waals surface area (Å²) < 4.78 is 1.20. The molecular weight excluding hydrogens is 417 g/mol. The van der Waals surface area contributed by atoms with Gasteiger partial charge in [0.2, 0.25) is 0 Å². The maximum absolute atomic E-state index is 12.4. The van der Waals surface area contributed by atoms with Crippen molar-refractivity contribution in [1.29, 1.82) is 0 Å². The molecule has 1 atom stereocenters. The van der Waals surface area contributed by atoms with E-state index in [0.29, 0.717) is 4.88 Å². The fourth-order valence-electron chi connectivity index (χ4n) is 2.76. The number of hydrogen-bond donors (Lipinski definition) is 4. The normalized spacial score (nSPS) is 11.2. The van der Waals surface area contributed by atoms with E-state index in [0.717, 1.165) is 11.1 Å². The average Bonchev–Trinajstić information content (AvgIpc) is 3.18. The molecule has 0 fully saturated rings. The second-order valence-corrected chi connectivity index (χ2v) is 7.29. The van der Waals surface area contributed by atoms with Crippen LogP contribution in [0.2, 0.25) is 0 Å². The number of carboxylic acid groups (broad SMARTS) is 1. The van der Waals surface area contributed by atoms with Crippen LogP contribution in [0, 0.1) is 0 Å². The van der Waals surface area contributed by atoms with Crippen LogP contribution in [0.25, 0.3) is 11.1 Å². The molecule has 8 nitrogen and oxygen atoms in total. The number of benzene rings is 1. The van der Waals surface area contributed by atoms with Gasteiger partial charge in [-0.2, -0.15) is 0 Å². The van der Waals surface area contributed by atoms with Crippen molar-refractivity contribution in [2.75, 3.05) is 5.32 Å². The Labute approximate surface area is 198 Å². The molecule has 0 spiro atoms. The predicted octanol–water partition coefficient (Wildman–Crippen LogP) is 2.51. The average molecular weight is 437 g/mol. The fraction of sp³-hybridized carbons (Fsp3) is 0.150. The number of aromatic hydroxyl groups is 1. The Morgan fingerprint density at radius 1 is 1.17 bits per heavy atom. The Hall–Kier alpha value is -2.59. The molecule has 0 saturated heterocycles. The number of carboxylic acids is 1. The zero-order valence-electron chi connectivity index (χ0n) is 15.5. The number of aryl methyl sites for hydroxylation is 1. The molecule has 0 saturated carbocycles. The Morgan fingerprint density at radius 3 is 2.53 bits per heavy atom. The number of carbonyl (C=O) groups is 2. The molecule has 2 amide bonds. The number of aliphatic carboxylic acids is 1. The standard InChI is InChI=1S/C20H19N3O5S.Na.H/c1-23-8-7-15(24)18(19(23)27)22-20(28)21-14(10-17(25)26)16-9-13(11-29-16)12-5-3-2-4-6-12;;/h2-9,11,14,24H,10H2,1H3,(H,25,26)(H2,21,22,28);;. The zero-order valence-corrected chi connectivity index (χ0v) is 16.3. The van der Waals surface area contributed by atoms with Crippen molar-refractivity contribution >= 4 is 58.6 Å². The van der Waals surface area contributed by atoms with Crippen molar-refractivity contribution in [3.8, 4) is 16.9 Å². The van der Waals surface area contributed by atoms with E-state index in [9.17, 15) is 24.6 Å². The van der Waals surface area contributed by atoms with Crippen LogP contribution in [0.1, 0.15) is 17.3 Å². The van der Waals surface area contributed by atoms with Gasteiger partial charge in [0.15, 0.2) is 5.69 Å². The summed E-state index contributed by atoms with van der Waals surface area (Å²) in [5.74, 6) is -1.45. The van der Waals surface area contributed by atoms with E-state index in [1.54, 1.807) is 0 Å². The van der Waals surface area contributed by atoms with E-state index in [1.807, 2.05) is 41.8 Å². The maximum atomic E-state index is 12.4. The monoisotopic (exact) mass is 437 g/mol. The summed E-state index contributed by atoms with van der Waals surface area (Å²) in [4.78, 5) is 36.4. The van der Waals surface area contributed by atoms with Crippen LogP contribution in [0.5, 0.6) is 5.75 Å². The third kappa shape index (κ3) is 5.73. The molecule has 0 aliphatic carbocycles. The summed E-state index contributed by atoms with van der Waals surface area (Å²) in [7, 11) is 1.48. The summed E-state index contributed by atoms with van der Waals surface area (Å²) in [6.45, 7) is 0. The van der Waals surface area contributed by atoms with Gasteiger partial charge in [-0.1, -0.05) is 30.3 Å². The molecule has 0 bridgehead atoms. The number of amides is 2. The summed E-state index contributed by atoms with van der Waals surface area (Å²) >= 11 is 1.33. The molecule has 2 heterocycles. The topological polar surface area (TPSA) is 121 Å². The van der Waals surface area contributed by atoms with Crippen molar-refractivity contribution in [1.82, 2.24) is 9.88 Å². The molecule has 4 N–H and O–H groups in total. The Morgan fingerprint density at radius 2 is 1.87 bits per heavy atom. The van der Waals surface area contributed by atoms with Crippen molar-refractivity contribution in [3.63, 3.8) is 0 Å². The van der Waals surface area contributed by atoms with E-state index in [2.05, 4.69) is 10.6 Å². The van der Waals surface area contributed by atoms with Gasteiger partial charge in [0.25, 0.3) is 5.56 Å². The van der Waals surface area contributed by atoms with E-state index in [1.165, 1.54) is 35.2 Å². The van der Waals surface area contributed by atoms with Gasteiger partial charge in [-0.15, -0.1) is 11.3 Å². The number of hydrogen-bond acceptors (Lipinski definition) is 5. The van der Waals surface area contributed by atoms with Gasteiger partial charge in [-0.3, -0.25) is 9.59 Å². The van der Waals surface area contributed by atoms with Crippen molar-refractivity contribution in [2.45, 2.75) is 12.5 Å². The number of nitrogens with one attached hydrogen (secondary N) is 2. The number of thiophene rings is 1. The number of rotatable bonds is 6. The van der Waals surface area contributed by atoms with Gasteiger partial charge in [-0.25, -0.2) is 4.79 Å². The molecule has 1 unspecified atom stereocenters. The van der Waals surface area contributed by atoms with E-state index in [-0.39, 0.29) is 47.4 Å². The van der Waals surface area contributed by atoms with Crippen LogP contribution in [0.15, 0.2) is 58.8 Å². The first-order chi connectivity index (χ1) is 13.8. The zero-order chi connectivity index (χ0) is 21.0. The van der Waals surface area contributed by atoms with Crippen LogP contribution in [-0.4, -0.2) is 56.3 Å². The molecular formula is C20H20N3NaO5S. The van der Waals surface area contributed by atoms with Gasteiger partial charge in [-0.05, 0) is 28.6 Å². The van der Waals surface area contributed by atoms with Crippen molar-refractivity contribution in [3.05, 3.63) is 69.3 Å². The van der Waals surface area contributed by atoms with Crippen LogP contribution >= 0.6 is 11.3 Å². The molecule has 3 rings (SSSR count). The molecule has 2 aromatic heterocycles. The first-order valence-corrected chi connectivity index (χ1v) is 9.55. The van der Waals surface area contributed by atoms with Gasteiger partial charge >= 0.3 is 41.6 Å². The SMILES string of the molecule is Cn1ccc(O)c(NC(=O)NC(CC(=O)O)c2cc(-c3ccccc3)cs2)c1=O.[NaH]. The van der Waals surface area contributed by atoms with Gasteiger partial charge in [0, 0.05) is 18.1 Å². The van der Waals surface area contributed by atoms with Crippen LogP contribution in [-0.2, 0) is 11.8 Å². The minimum atomic E-state index is -1.08. The number of nitrogens with zero attached hydrogens (tertiary/aromatic N) is 1. The molecule has 3 aromatic rings. The predicted molar refractivity (Wildman–Crippen MR) is 117 cm³/mol. The molecule has 1 aromatic carbocycles. The van der Waals surface area contributed by atoms with Crippen LogP contribution < -0.4 is 16.2 Å². The fourth-order valence-corrected chi connectivity index (χ4v) is 3.73. The van der Waals surface area contributed by atoms with E-state index < -0.39 is 23.6 Å². The summed E-state index contributed by atoms with van der Waals surface area (Å²) in [6.07, 6.45) is 1.03. The van der Waals surface area contributed by atoms with E-state index >= 15 is 0 Å².